The summed E-state index contributed by atoms with van der Waals surface area (Å²) in [6, 6.07) is 4.90. The van der Waals surface area contributed by atoms with Crippen LogP contribution in [0, 0.1) is 5.82 Å². The average molecular weight is 366 g/mol. The predicted molar refractivity (Wildman–Crippen MR) is 102 cm³/mol. The standard InChI is InChI=1S/C19H31FN4O2/c1-6-21-19(23(4)13-18(25)24(7-2)8-3)22-12-15-9-10-17(20)16(11-15)14-26-5/h9-11H,6-8,12-14H2,1-5H3,(H,21,22). The number of benzene rings is 1. The lowest BCUT2D eigenvalue weighted by Crippen LogP contribution is -2.45. The Balaban J connectivity index is 2.85. The van der Waals surface area contributed by atoms with Gasteiger partial charge in [-0.1, -0.05) is 6.07 Å². The molecular formula is C19H31FN4O2. The highest BCUT2D eigenvalue weighted by Crippen LogP contribution is 2.12. The number of guanidine groups is 1. The van der Waals surface area contributed by atoms with E-state index in [2.05, 4.69) is 10.3 Å². The van der Waals surface area contributed by atoms with Gasteiger partial charge in [-0.05, 0) is 38.5 Å². The van der Waals surface area contributed by atoms with E-state index in [4.69, 9.17) is 4.74 Å². The van der Waals surface area contributed by atoms with E-state index in [0.29, 0.717) is 37.7 Å². The van der Waals surface area contributed by atoms with E-state index in [1.165, 1.54) is 13.2 Å². The van der Waals surface area contributed by atoms with Gasteiger partial charge in [-0.2, -0.15) is 0 Å². The Morgan fingerprint density at radius 2 is 1.96 bits per heavy atom. The average Bonchev–Trinajstić information content (AvgIpc) is 2.62. The molecule has 0 spiro atoms. The van der Waals surface area contributed by atoms with Gasteiger partial charge in [-0.25, -0.2) is 9.38 Å². The summed E-state index contributed by atoms with van der Waals surface area (Å²) in [6.45, 7) is 8.85. The van der Waals surface area contributed by atoms with Gasteiger partial charge in [0.15, 0.2) is 5.96 Å². The third kappa shape index (κ3) is 6.63. The number of nitrogens with one attached hydrogen (secondary N) is 1. The highest BCUT2D eigenvalue weighted by molar-refractivity contribution is 5.86. The van der Waals surface area contributed by atoms with E-state index in [-0.39, 0.29) is 24.9 Å². The first kappa shape index (κ1) is 21.9. The lowest BCUT2D eigenvalue weighted by Gasteiger charge is -2.25. The first-order chi connectivity index (χ1) is 12.5. The van der Waals surface area contributed by atoms with Crippen LogP contribution in [-0.4, -0.2) is 62.0 Å². The van der Waals surface area contributed by atoms with Crippen molar-refractivity contribution < 1.29 is 13.9 Å². The van der Waals surface area contributed by atoms with Gasteiger partial charge >= 0.3 is 0 Å². The zero-order valence-corrected chi connectivity index (χ0v) is 16.5. The summed E-state index contributed by atoms with van der Waals surface area (Å²) in [5, 5.41) is 3.19. The fraction of sp³-hybridized carbons (Fsp3) is 0.579. The third-order valence-electron chi connectivity index (χ3n) is 4.01. The quantitative estimate of drug-likeness (QED) is 0.538. The number of halogens is 1. The second-order valence-electron chi connectivity index (χ2n) is 5.95. The summed E-state index contributed by atoms with van der Waals surface area (Å²) in [5.74, 6) is 0.423. The van der Waals surface area contributed by atoms with E-state index in [1.54, 1.807) is 17.0 Å². The number of nitrogens with zero attached hydrogens (tertiary/aromatic N) is 3. The molecule has 0 aliphatic heterocycles. The van der Waals surface area contributed by atoms with Gasteiger partial charge in [0.25, 0.3) is 0 Å². The van der Waals surface area contributed by atoms with Crippen LogP contribution in [0.2, 0.25) is 0 Å². The van der Waals surface area contributed by atoms with E-state index < -0.39 is 0 Å². The summed E-state index contributed by atoms with van der Waals surface area (Å²) in [7, 11) is 3.37. The van der Waals surface area contributed by atoms with Crippen molar-refractivity contribution in [2.75, 3.05) is 40.3 Å². The first-order valence-electron chi connectivity index (χ1n) is 9.00. The molecule has 0 aliphatic rings. The van der Waals surface area contributed by atoms with Crippen LogP contribution < -0.4 is 5.32 Å². The van der Waals surface area contributed by atoms with Crippen molar-refractivity contribution in [2.45, 2.75) is 33.9 Å². The zero-order valence-electron chi connectivity index (χ0n) is 16.5. The molecular weight excluding hydrogens is 335 g/mol. The number of likely N-dealkylation sites (N-methyl/N-ethyl adjacent to an activating group) is 2. The lowest BCUT2D eigenvalue weighted by atomic mass is 10.1. The van der Waals surface area contributed by atoms with Crippen LogP contribution in [0.25, 0.3) is 0 Å². The zero-order chi connectivity index (χ0) is 19.5. The third-order valence-corrected chi connectivity index (χ3v) is 4.01. The molecule has 7 heteroatoms. The van der Waals surface area contributed by atoms with Crippen LogP contribution in [0.15, 0.2) is 23.2 Å². The molecule has 6 nitrogen and oxygen atoms in total. The fourth-order valence-corrected chi connectivity index (χ4v) is 2.58. The van der Waals surface area contributed by atoms with Crippen LogP contribution in [0.1, 0.15) is 31.9 Å². The lowest BCUT2D eigenvalue weighted by molar-refractivity contribution is -0.131. The van der Waals surface area contributed by atoms with Gasteiger partial charge in [-0.3, -0.25) is 4.79 Å². The van der Waals surface area contributed by atoms with Gasteiger partial charge in [0, 0.05) is 39.4 Å². The Labute approximate surface area is 156 Å². The molecule has 0 bridgehead atoms. The van der Waals surface area contributed by atoms with Crippen molar-refractivity contribution in [1.29, 1.82) is 0 Å². The molecule has 1 N–H and O–H groups in total. The normalized spacial score (nSPS) is 11.4. The summed E-state index contributed by atoms with van der Waals surface area (Å²) >= 11 is 0. The Hall–Kier alpha value is -2.15. The second kappa shape index (κ2) is 11.5. The van der Waals surface area contributed by atoms with Crippen LogP contribution in [0.5, 0.6) is 0 Å². The first-order valence-corrected chi connectivity index (χ1v) is 9.00. The predicted octanol–water partition coefficient (Wildman–Crippen LogP) is 2.24. The number of hydrogen-bond donors (Lipinski definition) is 1. The molecule has 0 aromatic heterocycles. The Bertz CT molecular complexity index is 603. The van der Waals surface area contributed by atoms with Crippen molar-refractivity contribution in [3.63, 3.8) is 0 Å². The summed E-state index contributed by atoms with van der Waals surface area (Å²) < 4.78 is 18.7. The van der Waals surface area contributed by atoms with Crippen molar-refractivity contribution in [1.82, 2.24) is 15.1 Å². The van der Waals surface area contributed by atoms with Crippen molar-refractivity contribution in [3.8, 4) is 0 Å². The molecule has 0 unspecified atom stereocenters. The summed E-state index contributed by atoms with van der Waals surface area (Å²) in [4.78, 5) is 20.5. The molecule has 1 aromatic carbocycles. The van der Waals surface area contributed by atoms with Gasteiger partial charge in [-0.15, -0.1) is 0 Å². The number of amides is 1. The Morgan fingerprint density at radius 1 is 1.27 bits per heavy atom. The van der Waals surface area contributed by atoms with E-state index >= 15 is 0 Å². The number of aliphatic imine (C=N–C) groups is 1. The molecule has 0 saturated heterocycles. The maximum Gasteiger partial charge on any atom is 0.242 e. The minimum absolute atomic E-state index is 0.0623. The minimum atomic E-state index is -0.284. The molecule has 0 fully saturated rings. The van der Waals surface area contributed by atoms with E-state index in [9.17, 15) is 9.18 Å². The van der Waals surface area contributed by atoms with Gasteiger partial charge in [0.1, 0.15) is 5.82 Å². The molecule has 1 amide bonds. The SMILES string of the molecule is CCNC(=NCc1ccc(F)c(COC)c1)N(C)CC(=O)N(CC)CC. The summed E-state index contributed by atoms with van der Waals surface area (Å²) in [6.07, 6.45) is 0. The van der Waals surface area contributed by atoms with E-state index in [0.717, 1.165) is 5.56 Å². The van der Waals surface area contributed by atoms with Crippen LogP contribution in [-0.2, 0) is 22.7 Å². The molecule has 0 aliphatic carbocycles. The Morgan fingerprint density at radius 3 is 2.54 bits per heavy atom. The molecule has 146 valence electrons. The molecule has 0 heterocycles. The number of rotatable bonds is 9. The number of hydrogen-bond acceptors (Lipinski definition) is 3. The largest absolute Gasteiger partial charge is 0.380 e. The molecule has 0 radical (unpaired) electrons. The highest BCUT2D eigenvalue weighted by Gasteiger charge is 2.15. The maximum atomic E-state index is 13.7. The smallest absolute Gasteiger partial charge is 0.242 e. The molecule has 26 heavy (non-hydrogen) atoms. The second-order valence-corrected chi connectivity index (χ2v) is 5.95. The molecule has 1 aromatic rings. The van der Waals surface area contributed by atoms with Gasteiger partial charge in [0.05, 0.1) is 19.7 Å². The molecule has 1 rings (SSSR count). The van der Waals surface area contributed by atoms with E-state index in [1.807, 2.05) is 32.7 Å². The van der Waals surface area contributed by atoms with Gasteiger partial charge < -0.3 is 19.9 Å². The fourth-order valence-electron chi connectivity index (χ4n) is 2.58. The van der Waals surface area contributed by atoms with Crippen LogP contribution in [0.3, 0.4) is 0 Å². The maximum absolute atomic E-state index is 13.7. The van der Waals surface area contributed by atoms with Crippen LogP contribution in [0.4, 0.5) is 4.39 Å². The minimum Gasteiger partial charge on any atom is -0.380 e. The van der Waals surface area contributed by atoms with Gasteiger partial charge in [0.2, 0.25) is 5.91 Å². The summed E-state index contributed by atoms with van der Waals surface area (Å²) in [5.41, 5.74) is 1.40. The highest BCUT2D eigenvalue weighted by atomic mass is 19.1. The van der Waals surface area contributed by atoms with Crippen molar-refractivity contribution >= 4 is 11.9 Å². The number of methoxy groups -OCH3 is 1. The molecule has 0 saturated carbocycles. The van der Waals surface area contributed by atoms with Crippen LogP contribution >= 0.6 is 0 Å². The number of carbonyl (C=O) groups excluding carboxylic acids is 1. The monoisotopic (exact) mass is 366 g/mol. The van der Waals surface area contributed by atoms with Crippen molar-refractivity contribution in [3.05, 3.63) is 35.1 Å². The van der Waals surface area contributed by atoms with Crippen molar-refractivity contribution in [2.24, 2.45) is 4.99 Å². The molecule has 0 atom stereocenters. The number of ether oxygens (including phenoxy) is 1. The Kier molecular flexibility index (Phi) is 9.65. The number of carbonyl (C=O) groups is 1. The topological polar surface area (TPSA) is 57.2 Å².